The highest BCUT2D eigenvalue weighted by Crippen LogP contribution is 2.55. The van der Waals surface area contributed by atoms with E-state index >= 15 is 0 Å². The first-order valence-corrected chi connectivity index (χ1v) is 5.20. The van der Waals surface area contributed by atoms with Crippen LogP contribution >= 0.6 is 0 Å². The smallest absolute Gasteiger partial charge is 0.120 e. The van der Waals surface area contributed by atoms with Gasteiger partial charge in [0.25, 0.3) is 0 Å². The predicted molar refractivity (Wildman–Crippen MR) is 51.0 cm³/mol. The Kier molecular flexibility index (Phi) is 1.49. The van der Waals surface area contributed by atoms with E-state index in [0.29, 0.717) is 5.92 Å². The third-order valence-electron chi connectivity index (χ3n) is 4.03. The molecule has 3 aliphatic carbocycles. The number of carbonyl (C=O) groups is 1. The third-order valence-corrected chi connectivity index (χ3v) is 4.03. The van der Waals surface area contributed by atoms with E-state index in [1.54, 1.807) is 0 Å². The first kappa shape index (κ1) is 7.54. The van der Waals surface area contributed by atoms with E-state index in [4.69, 9.17) is 0 Å². The van der Waals surface area contributed by atoms with Crippen LogP contribution in [-0.4, -0.2) is 6.29 Å². The van der Waals surface area contributed by atoms with Gasteiger partial charge in [-0.3, -0.25) is 0 Å². The van der Waals surface area contributed by atoms with Crippen LogP contribution < -0.4 is 0 Å². The molecule has 1 fully saturated rings. The van der Waals surface area contributed by atoms with E-state index in [9.17, 15) is 4.79 Å². The average molecular weight is 174 g/mol. The van der Waals surface area contributed by atoms with Gasteiger partial charge in [-0.2, -0.15) is 0 Å². The number of rotatable bonds is 2. The molecule has 1 nitrogen and oxygen atoms in total. The van der Waals surface area contributed by atoms with Crippen LogP contribution in [0.1, 0.15) is 12.8 Å². The zero-order valence-electron chi connectivity index (χ0n) is 7.60. The normalized spacial score (nSPS) is 50.0. The molecule has 68 valence electrons. The highest BCUT2D eigenvalue weighted by Gasteiger charge is 2.48. The topological polar surface area (TPSA) is 17.1 Å². The summed E-state index contributed by atoms with van der Waals surface area (Å²) >= 11 is 0. The monoisotopic (exact) mass is 174 g/mol. The highest BCUT2D eigenvalue weighted by molar-refractivity contribution is 5.51. The largest absolute Gasteiger partial charge is 0.303 e. The maximum Gasteiger partial charge on any atom is 0.120 e. The number of allylic oxidation sites excluding steroid dienone is 4. The van der Waals surface area contributed by atoms with E-state index in [1.807, 2.05) is 0 Å². The Bertz CT molecular complexity index is 289. The molecule has 0 N–H and O–H groups in total. The van der Waals surface area contributed by atoms with Crippen LogP contribution in [0.15, 0.2) is 24.3 Å². The molecule has 0 aromatic heterocycles. The molecule has 1 saturated carbocycles. The summed E-state index contributed by atoms with van der Waals surface area (Å²) in [6.45, 7) is 0. The van der Waals surface area contributed by atoms with Crippen molar-refractivity contribution in [2.45, 2.75) is 12.8 Å². The van der Waals surface area contributed by atoms with Crippen molar-refractivity contribution in [3.63, 3.8) is 0 Å². The minimum absolute atomic E-state index is 0.544. The molecule has 0 aromatic carbocycles. The molecule has 0 saturated heterocycles. The number of fused-ring (bicyclic) bond motifs is 5. The fourth-order valence-corrected chi connectivity index (χ4v) is 3.52. The lowest BCUT2D eigenvalue weighted by molar-refractivity contribution is -0.108. The Labute approximate surface area is 78.5 Å². The Morgan fingerprint density at radius 1 is 1.15 bits per heavy atom. The molecule has 0 spiro atoms. The average Bonchev–Trinajstić information content (AvgIpc) is 2.74. The van der Waals surface area contributed by atoms with Crippen LogP contribution in [0.5, 0.6) is 0 Å². The molecule has 0 aliphatic heterocycles. The SMILES string of the molecule is O=CC[C@H]1C=C[C@H]2[C@@H]1[C@H]1C=C[C@@H]2C1. The van der Waals surface area contributed by atoms with Crippen LogP contribution in [-0.2, 0) is 4.79 Å². The first-order chi connectivity index (χ1) is 6.40. The number of aldehydes is 1. The maximum absolute atomic E-state index is 10.5. The summed E-state index contributed by atoms with van der Waals surface area (Å²) in [6.07, 6.45) is 12.5. The first-order valence-electron chi connectivity index (χ1n) is 5.20. The van der Waals surface area contributed by atoms with Crippen LogP contribution in [0.25, 0.3) is 0 Å². The lowest BCUT2D eigenvalue weighted by Crippen LogP contribution is -2.20. The van der Waals surface area contributed by atoms with Gasteiger partial charge in [0.1, 0.15) is 6.29 Å². The molecule has 0 unspecified atom stereocenters. The van der Waals surface area contributed by atoms with Crippen molar-refractivity contribution in [1.82, 2.24) is 0 Å². The molecule has 2 bridgehead atoms. The summed E-state index contributed by atoms with van der Waals surface area (Å²) < 4.78 is 0. The molecule has 5 atom stereocenters. The molecule has 0 aromatic rings. The van der Waals surface area contributed by atoms with Gasteiger partial charge in [0.15, 0.2) is 0 Å². The second-order valence-corrected chi connectivity index (χ2v) is 4.55. The van der Waals surface area contributed by atoms with Crippen molar-refractivity contribution in [2.24, 2.45) is 29.6 Å². The van der Waals surface area contributed by atoms with Gasteiger partial charge < -0.3 is 4.79 Å². The standard InChI is InChI=1S/C12H14O/c13-6-5-8-3-4-11-9-1-2-10(7-9)12(8)11/h1-4,6,8-12H,5,7H2/t8-,9-,10+,11-,12+/m1/s1. The van der Waals surface area contributed by atoms with Gasteiger partial charge in [0, 0.05) is 6.42 Å². The summed E-state index contributed by atoms with van der Waals surface area (Å²) in [6, 6.07) is 0. The minimum atomic E-state index is 0.544. The van der Waals surface area contributed by atoms with E-state index < -0.39 is 0 Å². The van der Waals surface area contributed by atoms with Gasteiger partial charge in [-0.05, 0) is 36.0 Å². The lowest BCUT2D eigenvalue weighted by Gasteiger charge is -2.24. The summed E-state index contributed by atoms with van der Waals surface area (Å²) in [4.78, 5) is 10.5. The molecule has 0 heterocycles. The maximum atomic E-state index is 10.5. The summed E-state index contributed by atoms with van der Waals surface area (Å²) in [5.74, 6) is 3.64. The molecule has 1 heteroatoms. The zero-order chi connectivity index (χ0) is 8.84. The zero-order valence-corrected chi connectivity index (χ0v) is 7.60. The van der Waals surface area contributed by atoms with Gasteiger partial charge in [-0.1, -0.05) is 24.3 Å². The second-order valence-electron chi connectivity index (χ2n) is 4.55. The van der Waals surface area contributed by atoms with Gasteiger partial charge in [0.05, 0.1) is 0 Å². The summed E-state index contributed by atoms with van der Waals surface area (Å²) in [7, 11) is 0. The molecule has 13 heavy (non-hydrogen) atoms. The number of carbonyl (C=O) groups excluding carboxylic acids is 1. The Morgan fingerprint density at radius 3 is 2.85 bits per heavy atom. The van der Waals surface area contributed by atoms with Crippen LogP contribution in [0.4, 0.5) is 0 Å². The molecule has 3 aliphatic rings. The van der Waals surface area contributed by atoms with E-state index in [1.165, 1.54) is 6.42 Å². The van der Waals surface area contributed by atoms with E-state index in [2.05, 4.69) is 24.3 Å². The quantitative estimate of drug-likeness (QED) is 0.463. The lowest BCUT2D eigenvalue weighted by atomic mass is 9.79. The Hall–Kier alpha value is -0.850. The number of hydrogen-bond acceptors (Lipinski definition) is 1. The fraction of sp³-hybridized carbons (Fsp3) is 0.583. The predicted octanol–water partition coefficient (Wildman–Crippen LogP) is 2.20. The van der Waals surface area contributed by atoms with E-state index in [-0.39, 0.29) is 0 Å². The van der Waals surface area contributed by atoms with Gasteiger partial charge >= 0.3 is 0 Å². The molecular formula is C12H14O. The molecule has 0 radical (unpaired) electrons. The van der Waals surface area contributed by atoms with E-state index in [0.717, 1.165) is 36.4 Å². The van der Waals surface area contributed by atoms with Crippen molar-refractivity contribution in [3.05, 3.63) is 24.3 Å². The van der Waals surface area contributed by atoms with Crippen molar-refractivity contribution >= 4 is 6.29 Å². The van der Waals surface area contributed by atoms with Crippen molar-refractivity contribution in [2.75, 3.05) is 0 Å². The van der Waals surface area contributed by atoms with Crippen molar-refractivity contribution in [3.8, 4) is 0 Å². The Balaban J connectivity index is 1.87. The number of hydrogen-bond donors (Lipinski definition) is 0. The minimum Gasteiger partial charge on any atom is -0.303 e. The van der Waals surface area contributed by atoms with Crippen molar-refractivity contribution in [1.29, 1.82) is 0 Å². The van der Waals surface area contributed by atoms with Crippen molar-refractivity contribution < 1.29 is 4.79 Å². The highest BCUT2D eigenvalue weighted by atomic mass is 16.1. The second kappa shape index (κ2) is 2.57. The fourth-order valence-electron chi connectivity index (χ4n) is 3.52. The third kappa shape index (κ3) is 0.903. The summed E-state index contributed by atoms with van der Waals surface area (Å²) in [5, 5.41) is 0. The van der Waals surface area contributed by atoms with Gasteiger partial charge in [-0.25, -0.2) is 0 Å². The van der Waals surface area contributed by atoms with Gasteiger partial charge in [-0.15, -0.1) is 0 Å². The summed E-state index contributed by atoms with van der Waals surface area (Å²) in [5.41, 5.74) is 0. The molecule has 3 rings (SSSR count). The van der Waals surface area contributed by atoms with Gasteiger partial charge in [0.2, 0.25) is 0 Å². The van der Waals surface area contributed by atoms with Crippen LogP contribution in [0, 0.1) is 29.6 Å². The molecule has 0 amide bonds. The Morgan fingerprint density at radius 2 is 2.00 bits per heavy atom. The van der Waals surface area contributed by atoms with Crippen LogP contribution in [0.3, 0.4) is 0 Å². The molecular weight excluding hydrogens is 160 g/mol. The van der Waals surface area contributed by atoms with Crippen LogP contribution in [0.2, 0.25) is 0 Å².